The third kappa shape index (κ3) is 4.36. The van der Waals surface area contributed by atoms with Gasteiger partial charge in [0.15, 0.2) is 0 Å². The fourth-order valence-electron chi connectivity index (χ4n) is 2.94. The van der Waals surface area contributed by atoms with Gasteiger partial charge in [-0.1, -0.05) is 30.3 Å². The molecule has 1 aromatic heterocycles. The van der Waals surface area contributed by atoms with Gasteiger partial charge in [0.2, 0.25) is 5.91 Å². The number of carbonyl (C=O) groups excluding carboxylic acids is 2. The summed E-state index contributed by atoms with van der Waals surface area (Å²) in [6.07, 6.45) is 3.80. The fourth-order valence-corrected chi connectivity index (χ4v) is 4.15. The van der Waals surface area contributed by atoms with E-state index in [0.29, 0.717) is 36.6 Å². The van der Waals surface area contributed by atoms with E-state index in [1.54, 1.807) is 11.0 Å². The Morgan fingerprint density at radius 1 is 1.33 bits per heavy atom. The lowest BCUT2D eigenvalue weighted by molar-refractivity contribution is -0.111. The van der Waals surface area contributed by atoms with E-state index in [1.807, 2.05) is 37.3 Å². The van der Waals surface area contributed by atoms with E-state index in [9.17, 15) is 14.9 Å². The van der Waals surface area contributed by atoms with Gasteiger partial charge in [-0.15, -0.1) is 11.3 Å². The van der Waals surface area contributed by atoms with Crippen LogP contribution in [0.25, 0.3) is 6.08 Å². The number of amides is 3. The quantitative estimate of drug-likeness (QED) is 0.798. The first-order chi connectivity index (χ1) is 13.1. The molecule has 2 heterocycles. The molecule has 0 saturated heterocycles. The Morgan fingerprint density at radius 3 is 2.81 bits per heavy atom. The van der Waals surface area contributed by atoms with Crippen LogP contribution in [-0.4, -0.2) is 29.9 Å². The Bertz CT molecular complexity index is 912. The highest BCUT2D eigenvalue weighted by Gasteiger charge is 2.27. The van der Waals surface area contributed by atoms with E-state index in [2.05, 4.69) is 16.7 Å². The summed E-state index contributed by atoms with van der Waals surface area (Å²) in [5, 5.41) is 15.7. The van der Waals surface area contributed by atoms with Crippen LogP contribution < -0.4 is 10.6 Å². The van der Waals surface area contributed by atoms with Crippen molar-refractivity contribution in [2.75, 3.05) is 18.4 Å². The number of benzene rings is 1. The van der Waals surface area contributed by atoms with Crippen molar-refractivity contribution in [1.82, 2.24) is 10.2 Å². The first-order valence-corrected chi connectivity index (χ1v) is 9.55. The van der Waals surface area contributed by atoms with Crippen molar-refractivity contribution in [2.45, 2.75) is 19.9 Å². The van der Waals surface area contributed by atoms with Crippen LogP contribution in [0.15, 0.2) is 36.4 Å². The maximum atomic E-state index is 12.2. The molecule has 1 aliphatic heterocycles. The normalized spacial score (nSPS) is 13.1. The summed E-state index contributed by atoms with van der Waals surface area (Å²) < 4.78 is 0. The second kappa shape index (κ2) is 8.52. The van der Waals surface area contributed by atoms with E-state index >= 15 is 0 Å². The van der Waals surface area contributed by atoms with Gasteiger partial charge in [-0.05, 0) is 30.5 Å². The summed E-state index contributed by atoms with van der Waals surface area (Å²) in [7, 11) is 0. The summed E-state index contributed by atoms with van der Waals surface area (Å²) in [6.45, 7) is 3.47. The Hall–Kier alpha value is -3.11. The van der Waals surface area contributed by atoms with Gasteiger partial charge < -0.3 is 15.5 Å². The maximum absolute atomic E-state index is 12.2. The number of hydrogen-bond donors (Lipinski definition) is 2. The van der Waals surface area contributed by atoms with Crippen LogP contribution in [0.3, 0.4) is 0 Å². The molecule has 138 valence electrons. The van der Waals surface area contributed by atoms with Crippen molar-refractivity contribution in [3.8, 4) is 6.07 Å². The standard InChI is InChI=1S/C20H20N4O2S/c1-2-22-20(26)24-11-10-15-16(12-21)19(27-17(15)13-24)23-18(25)9-8-14-6-4-3-5-7-14/h3-9H,2,10-11,13H2,1H3,(H,22,26)(H,23,25)/b9-8+. The molecule has 6 nitrogen and oxygen atoms in total. The van der Waals surface area contributed by atoms with Gasteiger partial charge in [0.25, 0.3) is 0 Å². The summed E-state index contributed by atoms with van der Waals surface area (Å²) >= 11 is 1.37. The van der Waals surface area contributed by atoms with Crippen LogP contribution in [0.2, 0.25) is 0 Å². The molecule has 0 bridgehead atoms. The summed E-state index contributed by atoms with van der Waals surface area (Å²) in [6, 6.07) is 11.6. The van der Waals surface area contributed by atoms with E-state index < -0.39 is 0 Å². The number of nitriles is 1. The first kappa shape index (κ1) is 18.7. The Balaban J connectivity index is 1.74. The SMILES string of the molecule is CCNC(=O)N1CCc2c(sc(NC(=O)/C=C/c3ccccc3)c2C#N)C1. The summed E-state index contributed by atoms with van der Waals surface area (Å²) in [4.78, 5) is 27.0. The number of hydrogen-bond acceptors (Lipinski definition) is 4. The molecule has 1 aliphatic rings. The highest BCUT2D eigenvalue weighted by molar-refractivity contribution is 7.16. The number of carbonyl (C=O) groups is 2. The molecule has 2 aromatic rings. The molecule has 0 radical (unpaired) electrons. The molecule has 2 N–H and O–H groups in total. The molecule has 0 unspecified atom stereocenters. The van der Waals surface area contributed by atoms with Crippen molar-refractivity contribution in [3.05, 3.63) is 58.0 Å². The molecule has 0 atom stereocenters. The van der Waals surface area contributed by atoms with Crippen LogP contribution in [-0.2, 0) is 17.8 Å². The lowest BCUT2D eigenvalue weighted by Crippen LogP contribution is -2.42. The molecular weight excluding hydrogens is 360 g/mol. The number of urea groups is 1. The Kier molecular flexibility index (Phi) is 5.89. The van der Waals surface area contributed by atoms with Crippen molar-refractivity contribution in [3.63, 3.8) is 0 Å². The predicted octanol–water partition coefficient (Wildman–Crippen LogP) is 3.36. The number of thiophene rings is 1. The molecule has 0 fully saturated rings. The van der Waals surface area contributed by atoms with Crippen LogP contribution in [0, 0.1) is 11.3 Å². The number of anilines is 1. The number of rotatable bonds is 4. The lowest BCUT2D eigenvalue weighted by atomic mass is 10.0. The van der Waals surface area contributed by atoms with Crippen LogP contribution in [0.1, 0.15) is 28.5 Å². The minimum Gasteiger partial charge on any atom is -0.338 e. The van der Waals surface area contributed by atoms with Gasteiger partial charge in [-0.3, -0.25) is 4.79 Å². The summed E-state index contributed by atoms with van der Waals surface area (Å²) in [5.74, 6) is -0.283. The third-order valence-corrected chi connectivity index (χ3v) is 5.38. The van der Waals surface area contributed by atoms with Gasteiger partial charge in [0.05, 0.1) is 12.1 Å². The fraction of sp³-hybridized carbons (Fsp3) is 0.250. The molecule has 0 aliphatic carbocycles. The zero-order chi connectivity index (χ0) is 19.2. The largest absolute Gasteiger partial charge is 0.338 e. The minimum atomic E-state index is -0.283. The second-order valence-corrected chi connectivity index (χ2v) is 7.17. The molecule has 0 saturated carbocycles. The van der Waals surface area contributed by atoms with E-state index in [4.69, 9.17) is 0 Å². The molecule has 0 spiro atoms. The van der Waals surface area contributed by atoms with Gasteiger partial charge in [0, 0.05) is 24.0 Å². The van der Waals surface area contributed by atoms with E-state index in [-0.39, 0.29) is 11.9 Å². The highest BCUT2D eigenvalue weighted by atomic mass is 32.1. The van der Waals surface area contributed by atoms with Crippen LogP contribution in [0.4, 0.5) is 9.80 Å². The van der Waals surface area contributed by atoms with Crippen molar-refractivity contribution < 1.29 is 9.59 Å². The lowest BCUT2D eigenvalue weighted by Gasteiger charge is -2.26. The van der Waals surface area contributed by atoms with Crippen molar-refractivity contribution in [2.24, 2.45) is 0 Å². The monoisotopic (exact) mass is 380 g/mol. The van der Waals surface area contributed by atoms with Gasteiger partial charge in [-0.25, -0.2) is 4.79 Å². The number of nitrogens with zero attached hydrogens (tertiary/aromatic N) is 2. The molecule has 3 rings (SSSR count). The molecule has 3 amide bonds. The van der Waals surface area contributed by atoms with E-state index in [1.165, 1.54) is 17.4 Å². The molecule has 1 aromatic carbocycles. The highest BCUT2D eigenvalue weighted by Crippen LogP contribution is 2.36. The molecule has 7 heteroatoms. The van der Waals surface area contributed by atoms with Gasteiger partial charge >= 0.3 is 6.03 Å². The van der Waals surface area contributed by atoms with Crippen LogP contribution in [0.5, 0.6) is 0 Å². The molecule has 27 heavy (non-hydrogen) atoms. The third-order valence-electron chi connectivity index (χ3n) is 4.25. The van der Waals surface area contributed by atoms with E-state index in [0.717, 1.165) is 16.0 Å². The minimum absolute atomic E-state index is 0.105. The smallest absolute Gasteiger partial charge is 0.317 e. The van der Waals surface area contributed by atoms with Crippen molar-refractivity contribution >= 4 is 34.4 Å². The predicted molar refractivity (Wildman–Crippen MR) is 106 cm³/mol. The molecular formula is C20H20N4O2S. The summed E-state index contributed by atoms with van der Waals surface area (Å²) in [5.41, 5.74) is 2.37. The Labute approximate surface area is 162 Å². The van der Waals surface area contributed by atoms with Crippen molar-refractivity contribution in [1.29, 1.82) is 5.26 Å². The average Bonchev–Trinajstić information content (AvgIpc) is 3.03. The Morgan fingerprint density at radius 2 is 2.11 bits per heavy atom. The maximum Gasteiger partial charge on any atom is 0.317 e. The number of nitrogens with one attached hydrogen (secondary N) is 2. The second-order valence-electron chi connectivity index (χ2n) is 6.06. The zero-order valence-electron chi connectivity index (χ0n) is 15.0. The number of fused-ring (bicyclic) bond motifs is 1. The zero-order valence-corrected chi connectivity index (χ0v) is 15.8. The first-order valence-electron chi connectivity index (χ1n) is 8.74. The van der Waals surface area contributed by atoms with Crippen LogP contribution >= 0.6 is 11.3 Å². The van der Waals surface area contributed by atoms with Gasteiger partial charge in [-0.2, -0.15) is 5.26 Å². The average molecular weight is 380 g/mol. The van der Waals surface area contributed by atoms with Gasteiger partial charge in [0.1, 0.15) is 11.1 Å². The topological polar surface area (TPSA) is 85.2 Å².